The number of hydrogen-bond acceptors (Lipinski definition) is 7. The molecule has 35 heavy (non-hydrogen) atoms. The first-order chi connectivity index (χ1) is 16.8. The summed E-state index contributed by atoms with van der Waals surface area (Å²) in [6.45, 7) is 2.81. The number of phenolic OH excluding ortho intramolecular Hbond substituents is 1. The van der Waals surface area contributed by atoms with Crippen molar-refractivity contribution in [1.29, 1.82) is 0 Å². The molecule has 1 fully saturated rings. The Morgan fingerprint density at radius 2 is 1.91 bits per heavy atom. The molecule has 3 heterocycles. The molecular formula is C26H24N2O7. The van der Waals surface area contributed by atoms with Crippen LogP contribution in [0.3, 0.4) is 0 Å². The van der Waals surface area contributed by atoms with Crippen LogP contribution in [0.4, 0.5) is 10.5 Å². The Hall–Kier alpha value is -4.14. The van der Waals surface area contributed by atoms with Gasteiger partial charge in [0.1, 0.15) is 17.1 Å². The Labute approximate surface area is 201 Å². The molecule has 0 saturated carbocycles. The van der Waals surface area contributed by atoms with Gasteiger partial charge in [0.15, 0.2) is 11.6 Å². The number of hydrogen-bond donors (Lipinski definition) is 2. The van der Waals surface area contributed by atoms with Crippen molar-refractivity contribution < 1.29 is 33.8 Å². The van der Waals surface area contributed by atoms with E-state index in [-0.39, 0.29) is 47.0 Å². The van der Waals surface area contributed by atoms with Crippen molar-refractivity contribution in [2.45, 2.75) is 31.8 Å². The summed E-state index contributed by atoms with van der Waals surface area (Å²) < 4.78 is 11.2. The van der Waals surface area contributed by atoms with Gasteiger partial charge in [-0.25, -0.2) is 4.79 Å². The predicted molar refractivity (Wildman–Crippen MR) is 126 cm³/mol. The van der Waals surface area contributed by atoms with Crippen molar-refractivity contribution in [3.8, 4) is 11.5 Å². The van der Waals surface area contributed by atoms with Gasteiger partial charge >= 0.3 is 6.09 Å². The van der Waals surface area contributed by atoms with E-state index in [1.807, 2.05) is 0 Å². The Morgan fingerprint density at radius 1 is 1.17 bits per heavy atom. The average Bonchev–Trinajstić information content (AvgIpc) is 3.14. The molecule has 9 heteroatoms. The van der Waals surface area contributed by atoms with Crippen LogP contribution >= 0.6 is 0 Å². The Balaban J connectivity index is 1.39. The van der Waals surface area contributed by atoms with E-state index in [1.165, 1.54) is 18.2 Å². The number of nitrogens with one attached hydrogen (secondary N) is 1. The van der Waals surface area contributed by atoms with Crippen molar-refractivity contribution in [2.75, 3.05) is 25.0 Å². The zero-order chi connectivity index (χ0) is 24.7. The van der Waals surface area contributed by atoms with Crippen LogP contribution in [0, 0.1) is 0 Å². The second-order valence-electron chi connectivity index (χ2n) is 8.86. The van der Waals surface area contributed by atoms with Gasteiger partial charge in [0.2, 0.25) is 0 Å². The van der Waals surface area contributed by atoms with E-state index in [1.54, 1.807) is 36.1 Å². The normalized spacial score (nSPS) is 19.1. The number of amides is 2. The number of fused-ring (bicyclic) bond motifs is 2. The third-order valence-electron chi connectivity index (χ3n) is 6.66. The van der Waals surface area contributed by atoms with Gasteiger partial charge in [-0.15, -0.1) is 0 Å². The number of carbonyl (C=O) groups is 4. The van der Waals surface area contributed by atoms with Crippen LogP contribution in [-0.4, -0.2) is 58.9 Å². The standard InChI is InChI=1S/C26H24N2O7/c1-2-34-25(33)28-9-7-26(8-10-28)14-22(31)18-11-17(21(30)13-23(18)35-26)20(29)12-16-15-5-3-4-6-19(15)27-24(16)32/h3-6,11-13,30H,2,7-10,14H2,1H3,(H,27,32)/b16-12-. The highest BCUT2D eigenvalue weighted by atomic mass is 16.6. The first-order valence-electron chi connectivity index (χ1n) is 11.5. The second kappa shape index (κ2) is 8.57. The van der Waals surface area contributed by atoms with Gasteiger partial charge in [-0.05, 0) is 25.1 Å². The smallest absolute Gasteiger partial charge is 0.409 e. The van der Waals surface area contributed by atoms with Crippen molar-refractivity contribution in [2.24, 2.45) is 0 Å². The van der Waals surface area contributed by atoms with E-state index in [0.717, 1.165) is 0 Å². The van der Waals surface area contributed by atoms with Gasteiger partial charge in [0.25, 0.3) is 5.91 Å². The maximum Gasteiger partial charge on any atom is 0.409 e. The lowest BCUT2D eigenvalue weighted by Crippen LogP contribution is -2.52. The number of nitrogens with zero attached hydrogens (tertiary/aromatic N) is 1. The molecule has 0 atom stereocenters. The van der Waals surface area contributed by atoms with Gasteiger partial charge < -0.3 is 24.8 Å². The minimum absolute atomic E-state index is 0.0848. The van der Waals surface area contributed by atoms with Gasteiger partial charge in [-0.2, -0.15) is 0 Å². The maximum atomic E-state index is 13.1. The number of phenols is 1. The van der Waals surface area contributed by atoms with Gasteiger partial charge in [0.05, 0.1) is 29.7 Å². The number of ketones is 2. The zero-order valence-electron chi connectivity index (χ0n) is 19.1. The maximum absolute atomic E-state index is 13.1. The summed E-state index contributed by atoms with van der Waals surface area (Å²) in [6, 6.07) is 9.60. The van der Waals surface area contributed by atoms with E-state index < -0.39 is 23.4 Å². The lowest BCUT2D eigenvalue weighted by atomic mass is 9.82. The predicted octanol–water partition coefficient (Wildman–Crippen LogP) is 3.57. The number of carbonyl (C=O) groups excluding carboxylic acids is 4. The molecule has 0 radical (unpaired) electrons. The molecule has 0 unspecified atom stereocenters. The molecular weight excluding hydrogens is 452 g/mol. The van der Waals surface area contributed by atoms with E-state index in [9.17, 15) is 24.3 Å². The lowest BCUT2D eigenvalue weighted by molar-refractivity contribution is -0.110. The number of benzene rings is 2. The molecule has 2 amide bonds. The van der Waals surface area contributed by atoms with Crippen LogP contribution < -0.4 is 10.1 Å². The van der Waals surface area contributed by atoms with Crippen LogP contribution in [0.5, 0.6) is 11.5 Å². The summed E-state index contributed by atoms with van der Waals surface area (Å²) in [7, 11) is 0. The monoisotopic (exact) mass is 476 g/mol. The Bertz CT molecular complexity index is 1290. The lowest BCUT2D eigenvalue weighted by Gasteiger charge is -2.43. The largest absolute Gasteiger partial charge is 0.507 e. The summed E-state index contributed by atoms with van der Waals surface area (Å²) in [6.07, 6.45) is 1.77. The Kier molecular flexibility index (Phi) is 5.55. The van der Waals surface area contributed by atoms with Crippen LogP contribution in [0.1, 0.15) is 52.5 Å². The fourth-order valence-electron chi connectivity index (χ4n) is 4.81. The minimum atomic E-state index is -0.779. The van der Waals surface area contributed by atoms with Gasteiger partial charge in [-0.1, -0.05) is 18.2 Å². The molecule has 1 saturated heterocycles. The van der Waals surface area contributed by atoms with Crippen LogP contribution in [0.15, 0.2) is 42.5 Å². The Morgan fingerprint density at radius 3 is 2.66 bits per heavy atom. The molecule has 2 N–H and O–H groups in total. The molecule has 2 aromatic rings. The van der Waals surface area contributed by atoms with Crippen LogP contribution in [-0.2, 0) is 9.53 Å². The summed E-state index contributed by atoms with van der Waals surface area (Å²) in [5.41, 5.74) is 0.738. The molecule has 180 valence electrons. The van der Waals surface area contributed by atoms with Gasteiger partial charge in [0, 0.05) is 43.2 Å². The number of likely N-dealkylation sites (tertiary alicyclic amines) is 1. The fraction of sp³-hybridized carbons (Fsp3) is 0.308. The molecule has 1 spiro atoms. The number of aromatic hydroxyl groups is 1. The average molecular weight is 476 g/mol. The molecule has 9 nitrogen and oxygen atoms in total. The molecule has 3 aliphatic rings. The van der Waals surface area contributed by atoms with Gasteiger partial charge in [-0.3, -0.25) is 14.4 Å². The number of allylic oxidation sites excluding steroid dienone is 1. The summed E-state index contributed by atoms with van der Waals surface area (Å²) in [5.74, 6) is -1.35. The number of ether oxygens (including phenoxy) is 2. The topological polar surface area (TPSA) is 122 Å². The highest BCUT2D eigenvalue weighted by Gasteiger charge is 2.44. The summed E-state index contributed by atoms with van der Waals surface area (Å²) in [5, 5.41) is 13.3. The van der Waals surface area contributed by atoms with Crippen LogP contribution in [0.25, 0.3) is 5.57 Å². The van der Waals surface area contributed by atoms with Crippen LogP contribution in [0.2, 0.25) is 0 Å². The highest BCUT2D eigenvalue weighted by molar-refractivity contribution is 6.35. The van der Waals surface area contributed by atoms with Crippen molar-refractivity contribution in [1.82, 2.24) is 4.90 Å². The van der Waals surface area contributed by atoms with E-state index in [2.05, 4.69) is 5.32 Å². The van der Waals surface area contributed by atoms with E-state index >= 15 is 0 Å². The quantitative estimate of drug-likeness (QED) is 0.513. The molecule has 0 aliphatic carbocycles. The second-order valence-corrected chi connectivity index (χ2v) is 8.86. The number of rotatable bonds is 3. The molecule has 0 bridgehead atoms. The summed E-state index contributed by atoms with van der Waals surface area (Å²) >= 11 is 0. The first-order valence-corrected chi connectivity index (χ1v) is 11.5. The van der Waals surface area contributed by atoms with Crippen molar-refractivity contribution in [3.63, 3.8) is 0 Å². The number of anilines is 1. The number of piperidine rings is 1. The van der Waals surface area contributed by atoms with Crippen molar-refractivity contribution >= 4 is 34.8 Å². The minimum Gasteiger partial charge on any atom is -0.507 e. The third kappa shape index (κ3) is 4.03. The number of Topliss-reactive ketones (excluding diaryl/α,β-unsaturated/α-hetero) is 1. The van der Waals surface area contributed by atoms with E-state index in [4.69, 9.17) is 9.47 Å². The molecule has 3 aliphatic heterocycles. The van der Waals surface area contributed by atoms with E-state index in [0.29, 0.717) is 37.2 Å². The number of para-hydroxylation sites is 1. The molecule has 5 rings (SSSR count). The third-order valence-corrected chi connectivity index (χ3v) is 6.66. The van der Waals surface area contributed by atoms with Crippen molar-refractivity contribution in [3.05, 3.63) is 59.2 Å². The summed E-state index contributed by atoms with van der Waals surface area (Å²) in [4.78, 5) is 52.0. The first kappa shape index (κ1) is 22.6. The molecule has 2 aromatic carbocycles. The SMILES string of the molecule is CCOC(=O)N1CCC2(CC1)CC(=O)c1cc(C(=O)/C=C3\C(=O)Nc4ccccc43)c(O)cc1O2. The highest BCUT2D eigenvalue weighted by Crippen LogP contribution is 2.42. The fourth-order valence-corrected chi connectivity index (χ4v) is 4.81. The molecule has 0 aromatic heterocycles. The zero-order valence-corrected chi connectivity index (χ0v) is 19.1.